The number of pyridine rings is 1. The van der Waals surface area contributed by atoms with Crippen molar-refractivity contribution in [3.8, 4) is 27.7 Å². The molecule has 23 heavy (non-hydrogen) atoms. The van der Waals surface area contributed by atoms with Crippen LogP contribution in [0.15, 0.2) is 30.5 Å². The van der Waals surface area contributed by atoms with Gasteiger partial charge in [0, 0.05) is 23.3 Å². The van der Waals surface area contributed by atoms with Crippen LogP contribution in [0.5, 0.6) is 16.6 Å². The van der Waals surface area contributed by atoms with E-state index in [0.29, 0.717) is 11.5 Å². The maximum atomic E-state index is 5.74. The first-order valence-corrected chi connectivity index (χ1v) is 8.04. The van der Waals surface area contributed by atoms with E-state index in [2.05, 4.69) is 9.36 Å². The summed E-state index contributed by atoms with van der Waals surface area (Å²) in [5.41, 5.74) is 3.60. The summed E-state index contributed by atoms with van der Waals surface area (Å²) >= 11 is 1.33. The van der Waals surface area contributed by atoms with Crippen LogP contribution in [0.25, 0.3) is 22.2 Å². The van der Waals surface area contributed by atoms with Crippen molar-refractivity contribution in [3.05, 3.63) is 30.5 Å². The number of aromatic nitrogens is 2. The molecule has 0 unspecified atom stereocenters. The lowest BCUT2D eigenvalue weighted by molar-refractivity contribution is 0.252. The van der Waals surface area contributed by atoms with E-state index in [9.17, 15) is 0 Å². The van der Waals surface area contributed by atoms with Gasteiger partial charge in [-0.25, -0.2) is 4.98 Å². The van der Waals surface area contributed by atoms with Gasteiger partial charge in [-0.05, 0) is 37.6 Å². The molecule has 0 aliphatic carbocycles. The summed E-state index contributed by atoms with van der Waals surface area (Å²) in [5, 5.41) is 0.758. The molecule has 0 fully saturated rings. The molecular weight excluding hydrogens is 312 g/mol. The summed E-state index contributed by atoms with van der Waals surface area (Å²) in [5.74, 6) is 1.39. The summed E-state index contributed by atoms with van der Waals surface area (Å²) < 4.78 is 20.8. The highest BCUT2D eigenvalue weighted by Crippen LogP contribution is 2.35. The molecular formula is C17H18N2O3S. The molecule has 5 nitrogen and oxygen atoms in total. The van der Waals surface area contributed by atoms with Crippen molar-refractivity contribution < 1.29 is 14.2 Å². The van der Waals surface area contributed by atoms with Crippen LogP contribution >= 0.6 is 11.5 Å². The van der Waals surface area contributed by atoms with Gasteiger partial charge in [0.1, 0.15) is 11.0 Å². The average molecular weight is 330 g/mol. The monoisotopic (exact) mass is 330 g/mol. The minimum Gasteiger partial charge on any atom is -0.493 e. The highest BCUT2D eigenvalue weighted by molar-refractivity contribution is 7.09. The molecule has 1 aromatic carbocycles. The molecule has 0 radical (unpaired) electrons. The molecule has 0 spiro atoms. The SMILES string of the molecule is COc1ccc(-c2cnc3c(OC(C)C)snc3c2)cc1OC. The van der Waals surface area contributed by atoms with E-state index in [-0.39, 0.29) is 6.10 Å². The largest absolute Gasteiger partial charge is 0.493 e. The number of fused-ring (bicyclic) bond motifs is 1. The third kappa shape index (κ3) is 3.07. The smallest absolute Gasteiger partial charge is 0.220 e. The first kappa shape index (κ1) is 15.6. The van der Waals surface area contributed by atoms with Gasteiger partial charge in [-0.3, -0.25) is 0 Å². The third-order valence-electron chi connectivity index (χ3n) is 3.35. The van der Waals surface area contributed by atoms with Gasteiger partial charge in [-0.1, -0.05) is 6.07 Å². The van der Waals surface area contributed by atoms with Crippen LogP contribution in [0.1, 0.15) is 13.8 Å². The second-order valence-electron chi connectivity index (χ2n) is 5.30. The zero-order chi connectivity index (χ0) is 16.4. The normalized spacial score (nSPS) is 11.0. The van der Waals surface area contributed by atoms with E-state index in [0.717, 1.165) is 27.2 Å². The predicted octanol–water partition coefficient (Wildman–Crippen LogP) is 4.16. The van der Waals surface area contributed by atoms with Crippen LogP contribution in [0.3, 0.4) is 0 Å². The molecule has 0 aliphatic heterocycles. The molecule has 0 N–H and O–H groups in total. The second-order valence-corrected chi connectivity index (χ2v) is 6.03. The fourth-order valence-corrected chi connectivity index (χ4v) is 3.08. The van der Waals surface area contributed by atoms with Gasteiger partial charge in [0.2, 0.25) is 5.06 Å². The molecule has 2 aromatic heterocycles. The predicted molar refractivity (Wildman–Crippen MR) is 91.7 cm³/mol. The zero-order valence-corrected chi connectivity index (χ0v) is 14.3. The summed E-state index contributed by atoms with van der Waals surface area (Å²) in [7, 11) is 3.25. The van der Waals surface area contributed by atoms with Crippen molar-refractivity contribution in [1.82, 2.24) is 9.36 Å². The van der Waals surface area contributed by atoms with Gasteiger partial charge in [0.05, 0.1) is 20.3 Å². The Morgan fingerprint density at radius 2 is 1.78 bits per heavy atom. The molecule has 0 bridgehead atoms. The number of hydrogen-bond donors (Lipinski definition) is 0. The summed E-state index contributed by atoms with van der Waals surface area (Å²) in [6.07, 6.45) is 1.93. The van der Waals surface area contributed by atoms with Gasteiger partial charge in [0.25, 0.3) is 0 Å². The first-order chi connectivity index (χ1) is 11.1. The van der Waals surface area contributed by atoms with Gasteiger partial charge in [-0.15, -0.1) is 0 Å². The number of methoxy groups -OCH3 is 2. The van der Waals surface area contributed by atoms with Crippen molar-refractivity contribution in [2.24, 2.45) is 0 Å². The molecule has 6 heteroatoms. The quantitative estimate of drug-likeness (QED) is 0.703. The summed E-state index contributed by atoms with van der Waals surface area (Å²) in [6, 6.07) is 7.79. The average Bonchev–Trinajstić information content (AvgIpc) is 2.95. The van der Waals surface area contributed by atoms with Crippen LogP contribution in [-0.4, -0.2) is 29.7 Å². The molecule has 0 atom stereocenters. The lowest BCUT2D eigenvalue weighted by Crippen LogP contribution is -2.04. The minimum absolute atomic E-state index is 0.103. The highest BCUT2D eigenvalue weighted by atomic mass is 32.1. The van der Waals surface area contributed by atoms with Crippen molar-refractivity contribution >= 4 is 22.6 Å². The van der Waals surface area contributed by atoms with Crippen molar-refractivity contribution in [2.75, 3.05) is 14.2 Å². The number of ether oxygens (including phenoxy) is 3. The molecule has 3 aromatic rings. The van der Waals surface area contributed by atoms with Crippen LogP contribution in [0.2, 0.25) is 0 Å². The lowest BCUT2D eigenvalue weighted by atomic mass is 10.1. The summed E-state index contributed by atoms with van der Waals surface area (Å²) in [4.78, 5) is 4.52. The van der Waals surface area contributed by atoms with E-state index in [1.807, 2.05) is 44.3 Å². The Morgan fingerprint density at radius 1 is 1.00 bits per heavy atom. The van der Waals surface area contributed by atoms with Gasteiger partial charge in [0.15, 0.2) is 11.5 Å². The fraction of sp³-hybridized carbons (Fsp3) is 0.294. The van der Waals surface area contributed by atoms with Crippen LogP contribution in [0.4, 0.5) is 0 Å². The van der Waals surface area contributed by atoms with Crippen molar-refractivity contribution in [2.45, 2.75) is 20.0 Å². The first-order valence-electron chi connectivity index (χ1n) is 7.27. The number of nitrogens with zero attached hydrogens (tertiary/aromatic N) is 2. The molecule has 0 saturated carbocycles. The molecule has 0 aliphatic rings. The second kappa shape index (κ2) is 6.42. The Kier molecular flexibility index (Phi) is 4.34. The number of benzene rings is 1. The topological polar surface area (TPSA) is 53.5 Å². The van der Waals surface area contributed by atoms with Gasteiger partial charge in [-0.2, -0.15) is 4.37 Å². The lowest BCUT2D eigenvalue weighted by Gasteiger charge is -2.09. The Balaban J connectivity index is 2.01. The minimum atomic E-state index is 0.103. The van der Waals surface area contributed by atoms with E-state index in [1.165, 1.54) is 11.5 Å². The molecule has 2 heterocycles. The molecule has 3 rings (SSSR count). The Bertz CT molecular complexity index is 830. The van der Waals surface area contributed by atoms with E-state index in [1.54, 1.807) is 14.2 Å². The highest BCUT2D eigenvalue weighted by Gasteiger charge is 2.13. The van der Waals surface area contributed by atoms with Crippen LogP contribution in [-0.2, 0) is 0 Å². The van der Waals surface area contributed by atoms with E-state index < -0.39 is 0 Å². The molecule has 120 valence electrons. The van der Waals surface area contributed by atoms with E-state index in [4.69, 9.17) is 14.2 Å². The molecule has 0 saturated heterocycles. The maximum Gasteiger partial charge on any atom is 0.220 e. The number of rotatable bonds is 5. The zero-order valence-electron chi connectivity index (χ0n) is 13.5. The third-order valence-corrected chi connectivity index (χ3v) is 4.09. The number of hydrogen-bond acceptors (Lipinski definition) is 6. The Labute approximate surface area is 139 Å². The molecule has 0 amide bonds. The Morgan fingerprint density at radius 3 is 2.48 bits per heavy atom. The van der Waals surface area contributed by atoms with Gasteiger partial charge >= 0.3 is 0 Å². The summed E-state index contributed by atoms with van der Waals surface area (Å²) in [6.45, 7) is 3.98. The standard InChI is InChI=1S/C17H18N2O3S/c1-10(2)22-17-16-13(19-23-17)7-12(9-18-16)11-5-6-14(20-3)15(8-11)21-4/h5-10H,1-4H3. The fourth-order valence-electron chi connectivity index (χ4n) is 2.28. The van der Waals surface area contributed by atoms with E-state index >= 15 is 0 Å². The van der Waals surface area contributed by atoms with Crippen LogP contribution < -0.4 is 14.2 Å². The van der Waals surface area contributed by atoms with Crippen LogP contribution in [0, 0.1) is 0 Å². The maximum absolute atomic E-state index is 5.74. The van der Waals surface area contributed by atoms with Crippen molar-refractivity contribution in [3.63, 3.8) is 0 Å². The van der Waals surface area contributed by atoms with Gasteiger partial charge < -0.3 is 14.2 Å². The Hall–Kier alpha value is -2.34. The van der Waals surface area contributed by atoms with Crippen molar-refractivity contribution in [1.29, 1.82) is 0 Å².